The van der Waals surface area contributed by atoms with E-state index in [2.05, 4.69) is 6.92 Å². The number of rotatable bonds is 5. The molecule has 1 aromatic rings. The zero-order chi connectivity index (χ0) is 12.0. The van der Waals surface area contributed by atoms with Crippen LogP contribution in [0, 0.1) is 0 Å². The standard InChI is InChI=1S/C13H16O3/c1-3-10(2)16-12-7-4-11(5-8-12)6-9-13(14)15/h4-10H,3H2,1-2H3,(H,14,15). The number of ether oxygens (including phenoxy) is 1. The van der Waals surface area contributed by atoms with Crippen molar-refractivity contribution in [1.29, 1.82) is 0 Å². The second kappa shape index (κ2) is 5.95. The minimum absolute atomic E-state index is 0.195. The van der Waals surface area contributed by atoms with Crippen molar-refractivity contribution in [1.82, 2.24) is 0 Å². The summed E-state index contributed by atoms with van der Waals surface area (Å²) in [7, 11) is 0. The van der Waals surface area contributed by atoms with E-state index in [9.17, 15) is 4.79 Å². The molecule has 0 aliphatic heterocycles. The van der Waals surface area contributed by atoms with E-state index >= 15 is 0 Å². The first-order valence-electron chi connectivity index (χ1n) is 5.29. The van der Waals surface area contributed by atoms with Crippen molar-refractivity contribution >= 4 is 12.0 Å². The largest absolute Gasteiger partial charge is 0.491 e. The average molecular weight is 220 g/mol. The fourth-order valence-electron chi connectivity index (χ4n) is 1.14. The number of carboxylic acids is 1. The maximum absolute atomic E-state index is 10.3. The van der Waals surface area contributed by atoms with Gasteiger partial charge in [-0.3, -0.25) is 0 Å². The lowest BCUT2D eigenvalue weighted by atomic mass is 10.2. The average Bonchev–Trinajstić information content (AvgIpc) is 2.28. The third-order valence-electron chi connectivity index (χ3n) is 2.21. The number of carbonyl (C=O) groups is 1. The number of hydrogen-bond acceptors (Lipinski definition) is 2. The van der Waals surface area contributed by atoms with Gasteiger partial charge in [-0.25, -0.2) is 4.79 Å². The summed E-state index contributed by atoms with van der Waals surface area (Å²) in [5.41, 5.74) is 0.846. The van der Waals surface area contributed by atoms with Crippen LogP contribution in [0.15, 0.2) is 30.3 Å². The Morgan fingerprint density at radius 2 is 2.06 bits per heavy atom. The van der Waals surface area contributed by atoms with Gasteiger partial charge in [-0.05, 0) is 37.1 Å². The first-order valence-corrected chi connectivity index (χ1v) is 5.29. The smallest absolute Gasteiger partial charge is 0.328 e. The first-order chi connectivity index (χ1) is 7.61. The molecule has 86 valence electrons. The summed E-state index contributed by atoms with van der Waals surface area (Å²) in [5.74, 6) is -0.137. The van der Waals surface area contributed by atoms with Gasteiger partial charge < -0.3 is 9.84 Å². The van der Waals surface area contributed by atoms with Gasteiger partial charge in [0.1, 0.15) is 5.75 Å². The normalized spacial score (nSPS) is 12.6. The lowest BCUT2D eigenvalue weighted by Gasteiger charge is -2.12. The fourth-order valence-corrected chi connectivity index (χ4v) is 1.14. The summed E-state index contributed by atoms with van der Waals surface area (Å²) < 4.78 is 5.60. The lowest BCUT2D eigenvalue weighted by molar-refractivity contribution is -0.131. The molecule has 0 amide bonds. The van der Waals surface area contributed by atoms with Gasteiger partial charge in [-0.2, -0.15) is 0 Å². The number of hydrogen-bond donors (Lipinski definition) is 1. The molecule has 1 unspecified atom stereocenters. The van der Waals surface area contributed by atoms with E-state index in [1.807, 2.05) is 31.2 Å². The molecule has 16 heavy (non-hydrogen) atoms. The van der Waals surface area contributed by atoms with Crippen LogP contribution in [0.25, 0.3) is 6.08 Å². The van der Waals surface area contributed by atoms with Crippen LogP contribution in [0.4, 0.5) is 0 Å². The van der Waals surface area contributed by atoms with Crippen LogP contribution in [0.1, 0.15) is 25.8 Å². The highest BCUT2D eigenvalue weighted by molar-refractivity contribution is 5.85. The molecule has 0 aromatic heterocycles. The molecule has 0 radical (unpaired) electrons. The maximum Gasteiger partial charge on any atom is 0.328 e. The second-order valence-electron chi connectivity index (χ2n) is 3.58. The summed E-state index contributed by atoms with van der Waals surface area (Å²) >= 11 is 0. The molecule has 1 atom stereocenters. The van der Waals surface area contributed by atoms with Crippen LogP contribution in [0.3, 0.4) is 0 Å². The summed E-state index contributed by atoms with van der Waals surface area (Å²) in [6.07, 6.45) is 3.82. The summed E-state index contributed by atoms with van der Waals surface area (Å²) in [4.78, 5) is 10.3. The Hall–Kier alpha value is -1.77. The monoisotopic (exact) mass is 220 g/mol. The number of aliphatic carboxylic acids is 1. The molecule has 3 nitrogen and oxygen atoms in total. The third kappa shape index (κ3) is 4.17. The molecular weight excluding hydrogens is 204 g/mol. The number of carboxylic acid groups (broad SMARTS) is 1. The van der Waals surface area contributed by atoms with Crippen LogP contribution >= 0.6 is 0 Å². The van der Waals surface area contributed by atoms with Gasteiger partial charge in [-0.1, -0.05) is 19.1 Å². The van der Waals surface area contributed by atoms with Crippen molar-refractivity contribution in [3.63, 3.8) is 0 Å². The van der Waals surface area contributed by atoms with E-state index in [0.29, 0.717) is 0 Å². The van der Waals surface area contributed by atoms with Gasteiger partial charge in [0.25, 0.3) is 0 Å². The van der Waals surface area contributed by atoms with Crippen molar-refractivity contribution in [2.45, 2.75) is 26.4 Å². The van der Waals surface area contributed by atoms with Gasteiger partial charge in [0.05, 0.1) is 6.10 Å². The van der Waals surface area contributed by atoms with Crippen molar-refractivity contribution in [3.8, 4) is 5.75 Å². The van der Waals surface area contributed by atoms with Crippen molar-refractivity contribution < 1.29 is 14.6 Å². The minimum atomic E-state index is -0.945. The highest BCUT2D eigenvalue weighted by Gasteiger charge is 2.00. The van der Waals surface area contributed by atoms with Gasteiger partial charge >= 0.3 is 5.97 Å². The first kappa shape index (κ1) is 12.3. The molecule has 0 aliphatic rings. The quantitative estimate of drug-likeness (QED) is 0.776. The van der Waals surface area contributed by atoms with E-state index in [4.69, 9.17) is 9.84 Å². The molecular formula is C13H16O3. The van der Waals surface area contributed by atoms with Crippen LogP contribution in [0.2, 0.25) is 0 Å². The van der Waals surface area contributed by atoms with Gasteiger partial charge in [0.15, 0.2) is 0 Å². The molecule has 1 N–H and O–H groups in total. The zero-order valence-electron chi connectivity index (χ0n) is 9.51. The van der Waals surface area contributed by atoms with Gasteiger partial charge in [0.2, 0.25) is 0 Å². The Morgan fingerprint density at radius 1 is 1.44 bits per heavy atom. The van der Waals surface area contributed by atoms with Gasteiger partial charge in [0, 0.05) is 6.08 Å². The molecule has 0 saturated carbocycles. The van der Waals surface area contributed by atoms with Crippen molar-refractivity contribution in [2.75, 3.05) is 0 Å². The SMILES string of the molecule is CCC(C)Oc1ccc(C=CC(=O)O)cc1. The number of benzene rings is 1. The molecule has 1 aromatic carbocycles. The van der Waals surface area contributed by atoms with Crippen molar-refractivity contribution in [2.24, 2.45) is 0 Å². The third-order valence-corrected chi connectivity index (χ3v) is 2.21. The summed E-state index contributed by atoms with van der Waals surface area (Å²) in [5, 5.41) is 8.47. The zero-order valence-corrected chi connectivity index (χ0v) is 9.51. The summed E-state index contributed by atoms with van der Waals surface area (Å²) in [6.45, 7) is 4.08. The molecule has 0 saturated heterocycles. The molecule has 0 fully saturated rings. The second-order valence-corrected chi connectivity index (χ2v) is 3.58. The lowest BCUT2D eigenvalue weighted by Crippen LogP contribution is -2.09. The van der Waals surface area contributed by atoms with E-state index in [1.54, 1.807) is 6.08 Å². The van der Waals surface area contributed by atoms with E-state index in [-0.39, 0.29) is 6.10 Å². The Labute approximate surface area is 95.4 Å². The van der Waals surface area contributed by atoms with Crippen LogP contribution in [-0.2, 0) is 4.79 Å². The summed E-state index contributed by atoms with van der Waals surface area (Å²) in [6, 6.07) is 7.34. The van der Waals surface area contributed by atoms with E-state index in [1.165, 1.54) is 0 Å². The van der Waals surface area contributed by atoms with E-state index < -0.39 is 5.97 Å². The molecule has 0 bridgehead atoms. The molecule has 0 heterocycles. The Balaban J connectivity index is 2.64. The minimum Gasteiger partial charge on any atom is -0.491 e. The molecule has 0 spiro atoms. The molecule has 0 aliphatic carbocycles. The fraction of sp³-hybridized carbons (Fsp3) is 0.308. The Morgan fingerprint density at radius 3 is 2.56 bits per heavy atom. The van der Waals surface area contributed by atoms with Crippen LogP contribution < -0.4 is 4.74 Å². The topological polar surface area (TPSA) is 46.5 Å². The van der Waals surface area contributed by atoms with Crippen LogP contribution in [0.5, 0.6) is 5.75 Å². The molecule has 1 rings (SSSR count). The highest BCUT2D eigenvalue weighted by atomic mass is 16.5. The predicted molar refractivity (Wildman–Crippen MR) is 63.5 cm³/mol. The van der Waals surface area contributed by atoms with Gasteiger partial charge in [-0.15, -0.1) is 0 Å². The molecule has 3 heteroatoms. The Kier molecular flexibility index (Phi) is 4.58. The van der Waals surface area contributed by atoms with E-state index in [0.717, 1.165) is 23.8 Å². The maximum atomic E-state index is 10.3. The van der Waals surface area contributed by atoms with Crippen LogP contribution in [-0.4, -0.2) is 17.2 Å². The predicted octanol–water partition coefficient (Wildman–Crippen LogP) is 2.96. The Bertz CT molecular complexity index is 365. The highest BCUT2D eigenvalue weighted by Crippen LogP contribution is 2.15. The van der Waals surface area contributed by atoms with Crippen molar-refractivity contribution in [3.05, 3.63) is 35.9 Å².